The summed E-state index contributed by atoms with van der Waals surface area (Å²) in [5.74, 6) is 0. The van der Waals surface area contributed by atoms with E-state index in [1.165, 1.54) is 11.1 Å². The molecule has 24 heavy (non-hydrogen) atoms. The molecule has 1 atom stereocenters. The normalized spacial score (nSPS) is 12.2. The van der Waals surface area contributed by atoms with Crippen molar-refractivity contribution in [3.05, 3.63) is 57.8 Å². The van der Waals surface area contributed by atoms with Crippen molar-refractivity contribution in [2.75, 3.05) is 19.6 Å². The van der Waals surface area contributed by atoms with Gasteiger partial charge < -0.3 is 10.6 Å². The van der Waals surface area contributed by atoms with Crippen LogP contribution in [0.3, 0.4) is 0 Å². The van der Waals surface area contributed by atoms with Gasteiger partial charge in [0.1, 0.15) is 0 Å². The van der Waals surface area contributed by atoms with Crippen molar-refractivity contribution < 1.29 is 4.79 Å². The molecule has 1 aromatic carbocycles. The van der Waals surface area contributed by atoms with Crippen LogP contribution in [0.25, 0.3) is 0 Å². The molecule has 0 aliphatic heterocycles. The number of hydrogen-bond donors (Lipinski definition) is 2. The summed E-state index contributed by atoms with van der Waals surface area (Å²) in [5.41, 5.74) is 3.60. The van der Waals surface area contributed by atoms with Crippen LogP contribution in [-0.4, -0.2) is 30.6 Å². The fourth-order valence-corrected chi connectivity index (χ4v) is 3.53. The topological polar surface area (TPSA) is 44.4 Å². The quantitative estimate of drug-likeness (QED) is 0.761. The second kappa shape index (κ2) is 9.45. The van der Waals surface area contributed by atoms with Crippen LogP contribution in [0.1, 0.15) is 36.6 Å². The van der Waals surface area contributed by atoms with Crippen LogP contribution in [-0.2, 0) is 6.54 Å². The average molecular weight is 346 g/mol. The number of nitrogens with one attached hydrogen (secondary N) is 2. The lowest BCUT2D eigenvalue weighted by atomic mass is 10.1. The maximum atomic E-state index is 12.2. The number of benzene rings is 1. The van der Waals surface area contributed by atoms with Gasteiger partial charge >= 0.3 is 6.03 Å². The summed E-state index contributed by atoms with van der Waals surface area (Å²) in [6.45, 7) is 9.45. The van der Waals surface area contributed by atoms with Crippen molar-refractivity contribution in [3.63, 3.8) is 0 Å². The molecule has 5 heteroatoms. The van der Waals surface area contributed by atoms with Crippen LogP contribution < -0.4 is 10.6 Å². The number of aryl methyl sites for hydroxylation is 1. The summed E-state index contributed by atoms with van der Waals surface area (Å²) in [6.07, 6.45) is 0. The highest BCUT2D eigenvalue weighted by Crippen LogP contribution is 2.22. The lowest BCUT2D eigenvalue weighted by molar-refractivity contribution is 0.206. The first-order chi connectivity index (χ1) is 11.7. The lowest BCUT2D eigenvalue weighted by Crippen LogP contribution is -2.42. The number of amides is 2. The van der Waals surface area contributed by atoms with E-state index in [1.54, 1.807) is 11.3 Å². The molecule has 0 aliphatic rings. The maximum absolute atomic E-state index is 12.2. The Morgan fingerprint density at radius 3 is 2.54 bits per heavy atom. The predicted molar refractivity (Wildman–Crippen MR) is 101 cm³/mol. The summed E-state index contributed by atoms with van der Waals surface area (Å²) in [7, 11) is 0. The van der Waals surface area contributed by atoms with Crippen LogP contribution in [0, 0.1) is 6.92 Å². The monoisotopic (exact) mass is 345 g/mol. The molecule has 130 valence electrons. The fraction of sp³-hybridized carbons (Fsp3) is 0.421. The highest BCUT2D eigenvalue weighted by molar-refractivity contribution is 7.07. The largest absolute Gasteiger partial charge is 0.336 e. The van der Waals surface area contributed by atoms with Gasteiger partial charge in [-0.05, 0) is 53.5 Å². The number of hydrogen-bond acceptors (Lipinski definition) is 3. The minimum atomic E-state index is -0.120. The smallest absolute Gasteiger partial charge is 0.315 e. The summed E-state index contributed by atoms with van der Waals surface area (Å²) < 4.78 is 0. The molecule has 2 aromatic rings. The second-order valence-corrected chi connectivity index (χ2v) is 6.56. The van der Waals surface area contributed by atoms with E-state index in [2.05, 4.69) is 59.2 Å². The van der Waals surface area contributed by atoms with Crippen molar-refractivity contribution in [2.24, 2.45) is 0 Å². The SMILES string of the molecule is CCN(CC)[C@H](CNC(=O)NCc1ccccc1C)c1ccsc1. The Morgan fingerprint density at radius 1 is 1.17 bits per heavy atom. The first kappa shape index (κ1) is 18.5. The molecular weight excluding hydrogens is 318 g/mol. The van der Waals surface area contributed by atoms with Gasteiger partial charge in [0.25, 0.3) is 0 Å². The van der Waals surface area contributed by atoms with E-state index in [4.69, 9.17) is 0 Å². The molecule has 0 unspecified atom stereocenters. The number of likely N-dealkylation sites (N-methyl/N-ethyl adjacent to an activating group) is 1. The zero-order valence-corrected chi connectivity index (χ0v) is 15.5. The zero-order valence-electron chi connectivity index (χ0n) is 14.7. The molecule has 1 aromatic heterocycles. The number of rotatable bonds is 8. The van der Waals surface area contributed by atoms with Gasteiger partial charge in [0.2, 0.25) is 0 Å². The van der Waals surface area contributed by atoms with Gasteiger partial charge in [-0.2, -0.15) is 11.3 Å². The molecule has 0 saturated heterocycles. The molecule has 0 fully saturated rings. The van der Waals surface area contributed by atoms with E-state index in [9.17, 15) is 4.79 Å². The molecule has 1 heterocycles. The van der Waals surface area contributed by atoms with E-state index >= 15 is 0 Å². The van der Waals surface area contributed by atoms with Crippen molar-refractivity contribution >= 4 is 17.4 Å². The van der Waals surface area contributed by atoms with Gasteiger partial charge in [-0.15, -0.1) is 0 Å². The van der Waals surface area contributed by atoms with Crippen LogP contribution in [0.15, 0.2) is 41.1 Å². The van der Waals surface area contributed by atoms with Crippen LogP contribution in [0.5, 0.6) is 0 Å². The van der Waals surface area contributed by atoms with E-state index in [-0.39, 0.29) is 12.1 Å². The molecule has 2 amide bonds. The van der Waals surface area contributed by atoms with E-state index in [0.29, 0.717) is 13.1 Å². The number of thiophene rings is 1. The summed E-state index contributed by atoms with van der Waals surface area (Å²) in [4.78, 5) is 14.5. The van der Waals surface area contributed by atoms with Crippen LogP contribution in [0.2, 0.25) is 0 Å². The molecule has 0 saturated carbocycles. The first-order valence-electron chi connectivity index (χ1n) is 8.48. The van der Waals surface area contributed by atoms with E-state index in [0.717, 1.165) is 18.7 Å². The number of nitrogens with zero attached hydrogens (tertiary/aromatic N) is 1. The Kier molecular flexibility index (Phi) is 7.28. The highest BCUT2D eigenvalue weighted by atomic mass is 32.1. The van der Waals surface area contributed by atoms with Gasteiger partial charge in [0, 0.05) is 13.1 Å². The van der Waals surface area contributed by atoms with Gasteiger partial charge in [0.15, 0.2) is 0 Å². The third kappa shape index (κ3) is 5.08. The van der Waals surface area contributed by atoms with Crippen molar-refractivity contribution in [3.8, 4) is 0 Å². The predicted octanol–water partition coefficient (Wildman–Crippen LogP) is 3.94. The number of carbonyl (C=O) groups is 1. The highest BCUT2D eigenvalue weighted by Gasteiger charge is 2.19. The Morgan fingerprint density at radius 2 is 1.92 bits per heavy atom. The Labute approximate surface area is 148 Å². The number of carbonyl (C=O) groups excluding carboxylic acids is 1. The molecule has 2 N–H and O–H groups in total. The second-order valence-electron chi connectivity index (χ2n) is 5.78. The summed E-state index contributed by atoms with van der Waals surface area (Å²) >= 11 is 1.69. The summed E-state index contributed by atoms with van der Waals surface area (Å²) in [6, 6.07) is 10.3. The van der Waals surface area contributed by atoms with Gasteiger partial charge in [-0.1, -0.05) is 38.1 Å². The Hall–Kier alpha value is -1.85. The number of urea groups is 1. The van der Waals surface area contributed by atoms with Gasteiger partial charge in [-0.3, -0.25) is 4.90 Å². The standard InChI is InChI=1S/C19H27N3OS/c1-4-22(5-2)18(17-10-11-24-14-17)13-21-19(23)20-12-16-9-7-6-8-15(16)3/h6-11,14,18H,4-5,12-13H2,1-3H3,(H2,20,21,23)/t18-/m1/s1. The Balaban J connectivity index is 1.89. The minimum Gasteiger partial charge on any atom is -0.336 e. The lowest BCUT2D eigenvalue weighted by Gasteiger charge is -2.29. The molecular formula is C19H27N3OS. The molecule has 2 rings (SSSR count). The summed E-state index contributed by atoms with van der Waals surface area (Å²) in [5, 5.41) is 10.2. The molecule has 0 aliphatic carbocycles. The molecule has 0 bridgehead atoms. The van der Waals surface area contributed by atoms with Gasteiger partial charge in [0.05, 0.1) is 6.04 Å². The molecule has 0 radical (unpaired) electrons. The Bertz CT molecular complexity index is 623. The van der Waals surface area contributed by atoms with E-state index in [1.807, 2.05) is 18.2 Å². The average Bonchev–Trinajstić information content (AvgIpc) is 3.12. The molecule has 0 spiro atoms. The third-order valence-electron chi connectivity index (χ3n) is 4.34. The van der Waals surface area contributed by atoms with Crippen molar-refractivity contribution in [2.45, 2.75) is 33.4 Å². The fourth-order valence-electron chi connectivity index (χ4n) is 2.82. The van der Waals surface area contributed by atoms with Crippen LogP contribution in [0.4, 0.5) is 4.79 Å². The van der Waals surface area contributed by atoms with Crippen molar-refractivity contribution in [1.29, 1.82) is 0 Å². The first-order valence-corrected chi connectivity index (χ1v) is 9.42. The van der Waals surface area contributed by atoms with Crippen molar-refractivity contribution in [1.82, 2.24) is 15.5 Å². The van der Waals surface area contributed by atoms with E-state index < -0.39 is 0 Å². The molecule has 4 nitrogen and oxygen atoms in total. The third-order valence-corrected chi connectivity index (χ3v) is 5.04. The maximum Gasteiger partial charge on any atom is 0.315 e. The van der Waals surface area contributed by atoms with Crippen LogP contribution >= 0.6 is 11.3 Å². The zero-order chi connectivity index (χ0) is 17.4. The minimum absolute atomic E-state index is 0.120. The van der Waals surface area contributed by atoms with Gasteiger partial charge in [-0.25, -0.2) is 4.79 Å².